The normalized spacial score (nSPS) is 13.7. The van der Waals surface area contributed by atoms with Crippen molar-refractivity contribution in [3.63, 3.8) is 0 Å². The van der Waals surface area contributed by atoms with E-state index in [1.54, 1.807) is 23.4 Å². The molecule has 0 unspecified atom stereocenters. The summed E-state index contributed by atoms with van der Waals surface area (Å²) >= 11 is 0. The number of amides is 1. The molecule has 1 N–H and O–H groups in total. The van der Waals surface area contributed by atoms with Gasteiger partial charge in [0.05, 0.1) is 11.1 Å². The highest BCUT2D eigenvalue weighted by molar-refractivity contribution is 5.96. The number of carbonyl (C=O) groups excluding carboxylic acids is 1. The van der Waals surface area contributed by atoms with Crippen LogP contribution in [-0.2, 0) is 0 Å². The number of hydrogen-bond acceptors (Lipinski definition) is 3. The first kappa shape index (κ1) is 12.6. The zero-order valence-electron chi connectivity index (χ0n) is 10.4. The number of aliphatic hydroxyl groups is 1. The maximum absolute atomic E-state index is 12.3. The second-order valence-electron chi connectivity index (χ2n) is 4.51. The van der Waals surface area contributed by atoms with Gasteiger partial charge in [-0.25, -0.2) is 0 Å². The Hall–Kier alpha value is -1.86. The van der Waals surface area contributed by atoms with Crippen LogP contribution >= 0.6 is 0 Å². The third-order valence-corrected chi connectivity index (χ3v) is 2.93. The molecule has 2 rings (SSSR count). The lowest BCUT2D eigenvalue weighted by Crippen LogP contribution is -2.29. The van der Waals surface area contributed by atoms with Gasteiger partial charge in [-0.05, 0) is 24.8 Å². The fourth-order valence-electron chi connectivity index (χ4n) is 1.79. The number of aromatic nitrogens is 1. The smallest absolute Gasteiger partial charge is 0.254 e. The van der Waals surface area contributed by atoms with Gasteiger partial charge in [-0.1, -0.05) is 11.8 Å². The maximum Gasteiger partial charge on any atom is 0.254 e. The topological polar surface area (TPSA) is 53.4 Å². The molecule has 1 aromatic heterocycles. The molecule has 0 spiro atoms. The van der Waals surface area contributed by atoms with E-state index in [9.17, 15) is 4.79 Å². The first-order valence-electron chi connectivity index (χ1n) is 6.01. The molecule has 0 saturated heterocycles. The van der Waals surface area contributed by atoms with E-state index in [1.807, 2.05) is 7.05 Å². The lowest BCUT2D eigenvalue weighted by molar-refractivity contribution is 0.0788. The maximum atomic E-state index is 12.3. The van der Waals surface area contributed by atoms with Crippen molar-refractivity contribution >= 4 is 5.91 Å². The van der Waals surface area contributed by atoms with Crippen LogP contribution in [0.5, 0.6) is 0 Å². The Morgan fingerprint density at radius 1 is 1.61 bits per heavy atom. The molecule has 18 heavy (non-hydrogen) atoms. The van der Waals surface area contributed by atoms with Crippen LogP contribution in [0.3, 0.4) is 0 Å². The summed E-state index contributed by atoms with van der Waals surface area (Å²) in [7, 11) is 1.81. The van der Waals surface area contributed by atoms with E-state index >= 15 is 0 Å². The molecule has 1 heterocycles. The summed E-state index contributed by atoms with van der Waals surface area (Å²) in [5.74, 6) is 5.93. The first-order chi connectivity index (χ1) is 8.72. The van der Waals surface area contributed by atoms with Gasteiger partial charge >= 0.3 is 0 Å². The minimum absolute atomic E-state index is 0.0356. The quantitative estimate of drug-likeness (QED) is 0.804. The molecule has 0 atom stereocenters. The van der Waals surface area contributed by atoms with Crippen molar-refractivity contribution in [3.05, 3.63) is 29.6 Å². The van der Waals surface area contributed by atoms with Crippen molar-refractivity contribution in [2.45, 2.75) is 12.8 Å². The van der Waals surface area contributed by atoms with Crippen LogP contribution in [0.25, 0.3) is 0 Å². The lowest BCUT2D eigenvalue weighted by atomic mass is 10.1. The predicted molar refractivity (Wildman–Crippen MR) is 67.9 cm³/mol. The molecule has 0 radical (unpaired) electrons. The molecule has 1 aromatic rings. The number of pyridine rings is 1. The van der Waals surface area contributed by atoms with Gasteiger partial charge in [-0.2, -0.15) is 0 Å². The summed E-state index contributed by atoms with van der Waals surface area (Å²) in [6, 6.07) is 1.67. The van der Waals surface area contributed by atoms with Gasteiger partial charge in [0.2, 0.25) is 0 Å². The second-order valence-corrected chi connectivity index (χ2v) is 4.51. The van der Waals surface area contributed by atoms with Gasteiger partial charge in [-0.3, -0.25) is 9.78 Å². The van der Waals surface area contributed by atoms with Gasteiger partial charge in [0, 0.05) is 26.0 Å². The number of nitrogens with zero attached hydrogens (tertiary/aromatic N) is 2. The summed E-state index contributed by atoms with van der Waals surface area (Å²) in [5.41, 5.74) is 1.12. The van der Waals surface area contributed by atoms with Crippen LogP contribution in [0.2, 0.25) is 0 Å². The highest BCUT2D eigenvalue weighted by Crippen LogP contribution is 2.29. The van der Waals surface area contributed by atoms with Crippen LogP contribution in [0.4, 0.5) is 0 Å². The molecule has 1 amide bonds. The summed E-state index contributed by atoms with van der Waals surface area (Å²) in [6.07, 6.45) is 5.57. The first-order valence-corrected chi connectivity index (χ1v) is 6.01. The average molecular weight is 244 g/mol. The molecule has 94 valence electrons. The molecule has 0 bridgehead atoms. The fourth-order valence-corrected chi connectivity index (χ4v) is 1.79. The Kier molecular flexibility index (Phi) is 3.96. The standard InChI is InChI=1S/C14H16N2O2/c1-16(10-11-4-5-11)14(18)13-6-7-15-9-12(13)3-2-8-17/h6-7,9,11,17H,4-5,8,10H2,1H3. The third-order valence-electron chi connectivity index (χ3n) is 2.93. The summed E-state index contributed by atoms with van der Waals surface area (Å²) in [6.45, 7) is 0.578. The van der Waals surface area contributed by atoms with Crippen molar-refractivity contribution in [3.8, 4) is 11.8 Å². The molecule has 1 aliphatic rings. The summed E-state index contributed by atoms with van der Waals surface area (Å²) in [4.78, 5) is 18.0. The van der Waals surface area contributed by atoms with Gasteiger partial charge < -0.3 is 10.0 Å². The second kappa shape index (κ2) is 5.65. The van der Waals surface area contributed by atoms with Crippen molar-refractivity contribution < 1.29 is 9.90 Å². The number of carbonyl (C=O) groups is 1. The molecule has 0 aromatic carbocycles. The zero-order chi connectivity index (χ0) is 13.0. The average Bonchev–Trinajstić information content (AvgIpc) is 3.19. The Morgan fingerprint density at radius 3 is 3.06 bits per heavy atom. The van der Waals surface area contributed by atoms with Gasteiger partial charge in [0.25, 0.3) is 5.91 Å². The fraction of sp³-hybridized carbons (Fsp3) is 0.429. The van der Waals surface area contributed by atoms with Crippen molar-refractivity contribution in [2.75, 3.05) is 20.2 Å². The van der Waals surface area contributed by atoms with E-state index in [-0.39, 0.29) is 12.5 Å². The zero-order valence-corrected chi connectivity index (χ0v) is 10.4. The predicted octanol–water partition coefficient (Wildman–Crippen LogP) is 0.907. The molecule has 0 aliphatic heterocycles. The summed E-state index contributed by atoms with van der Waals surface area (Å²) in [5, 5.41) is 8.70. The summed E-state index contributed by atoms with van der Waals surface area (Å²) < 4.78 is 0. The van der Waals surface area contributed by atoms with Crippen LogP contribution in [0, 0.1) is 17.8 Å². The van der Waals surface area contributed by atoms with E-state index in [0.717, 1.165) is 6.54 Å². The van der Waals surface area contributed by atoms with E-state index in [4.69, 9.17) is 5.11 Å². The Bertz CT molecular complexity index is 498. The largest absolute Gasteiger partial charge is 0.384 e. The molecule has 1 saturated carbocycles. The number of aliphatic hydroxyl groups excluding tert-OH is 1. The highest BCUT2D eigenvalue weighted by Gasteiger charge is 2.25. The third kappa shape index (κ3) is 3.08. The molecule has 4 nitrogen and oxygen atoms in total. The van der Waals surface area contributed by atoms with Crippen molar-refractivity contribution in [1.82, 2.24) is 9.88 Å². The Morgan fingerprint density at radius 2 is 2.39 bits per heavy atom. The number of rotatable bonds is 3. The minimum atomic E-state index is -0.222. The number of hydrogen-bond donors (Lipinski definition) is 1. The van der Waals surface area contributed by atoms with E-state index in [0.29, 0.717) is 17.0 Å². The molecular formula is C14H16N2O2. The molecule has 1 aliphatic carbocycles. The minimum Gasteiger partial charge on any atom is -0.384 e. The van der Waals surface area contributed by atoms with E-state index in [2.05, 4.69) is 16.8 Å². The van der Waals surface area contributed by atoms with Crippen molar-refractivity contribution in [2.24, 2.45) is 5.92 Å². The Balaban J connectivity index is 2.17. The van der Waals surface area contributed by atoms with E-state index < -0.39 is 0 Å². The van der Waals surface area contributed by atoms with Crippen LogP contribution in [-0.4, -0.2) is 41.1 Å². The van der Waals surface area contributed by atoms with Gasteiger partial charge in [0.15, 0.2) is 0 Å². The molecular weight excluding hydrogens is 228 g/mol. The molecule has 4 heteroatoms. The monoisotopic (exact) mass is 244 g/mol. The Labute approximate surface area is 107 Å². The van der Waals surface area contributed by atoms with Crippen LogP contribution in [0.15, 0.2) is 18.5 Å². The van der Waals surface area contributed by atoms with Crippen LogP contribution < -0.4 is 0 Å². The highest BCUT2D eigenvalue weighted by atomic mass is 16.2. The molecule has 1 fully saturated rings. The lowest BCUT2D eigenvalue weighted by Gasteiger charge is -2.17. The SMILES string of the molecule is CN(CC1CC1)C(=O)c1ccncc1C#CCO. The van der Waals surface area contributed by atoms with Crippen LogP contribution in [0.1, 0.15) is 28.8 Å². The van der Waals surface area contributed by atoms with Gasteiger partial charge in [0.1, 0.15) is 6.61 Å². The van der Waals surface area contributed by atoms with Gasteiger partial charge in [-0.15, -0.1) is 0 Å². The van der Waals surface area contributed by atoms with E-state index in [1.165, 1.54) is 12.8 Å². The van der Waals surface area contributed by atoms with Crippen molar-refractivity contribution in [1.29, 1.82) is 0 Å².